The Labute approximate surface area is 139 Å². The molecular weight excluding hydrogens is 288 g/mol. The highest BCUT2D eigenvalue weighted by Crippen LogP contribution is 2.20. The number of amides is 2. The van der Waals surface area contributed by atoms with Crippen molar-refractivity contribution in [3.05, 3.63) is 29.3 Å². The third-order valence-corrected chi connectivity index (χ3v) is 4.72. The number of benzene rings is 1. The third-order valence-electron chi connectivity index (χ3n) is 4.72. The SMILES string of the molecule is CC(=O)N(CCC(=O)NC1CCCCC1)c1ccc(C)c(C)c1. The zero-order chi connectivity index (χ0) is 16.8. The molecule has 0 aromatic heterocycles. The maximum Gasteiger partial charge on any atom is 0.223 e. The summed E-state index contributed by atoms with van der Waals surface area (Å²) in [6.45, 7) is 6.06. The molecule has 0 unspecified atom stereocenters. The highest BCUT2D eigenvalue weighted by Gasteiger charge is 2.18. The van der Waals surface area contributed by atoms with Crippen LogP contribution >= 0.6 is 0 Å². The van der Waals surface area contributed by atoms with Crippen molar-refractivity contribution in [2.75, 3.05) is 11.4 Å². The Balaban J connectivity index is 1.92. The molecule has 0 saturated heterocycles. The van der Waals surface area contributed by atoms with E-state index in [9.17, 15) is 9.59 Å². The summed E-state index contributed by atoms with van der Waals surface area (Å²) in [6.07, 6.45) is 6.19. The molecule has 1 N–H and O–H groups in total. The minimum absolute atomic E-state index is 0.0290. The van der Waals surface area contributed by atoms with E-state index in [0.717, 1.165) is 24.1 Å². The quantitative estimate of drug-likeness (QED) is 0.904. The van der Waals surface area contributed by atoms with Crippen LogP contribution in [-0.4, -0.2) is 24.4 Å². The van der Waals surface area contributed by atoms with Crippen LogP contribution in [0.2, 0.25) is 0 Å². The minimum atomic E-state index is -0.0290. The molecular formula is C19H28N2O2. The Morgan fingerprint density at radius 2 is 1.83 bits per heavy atom. The minimum Gasteiger partial charge on any atom is -0.353 e. The van der Waals surface area contributed by atoms with E-state index in [-0.39, 0.29) is 11.8 Å². The number of carbonyl (C=O) groups excluding carboxylic acids is 2. The zero-order valence-corrected chi connectivity index (χ0v) is 14.5. The molecule has 1 saturated carbocycles. The fraction of sp³-hybridized carbons (Fsp3) is 0.579. The normalized spacial score (nSPS) is 15.3. The van der Waals surface area contributed by atoms with E-state index >= 15 is 0 Å². The third kappa shape index (κ3) is 5.08. The largest absolute Gasteiger partial charge is 0.353 e. The first-order valence-corrected chi connectivity index (χ1v) is 8.62. The molecule has 0 atom stereocenters. The number of hydrogen-bond donors (Lipinski definition) is 1. The van der Waals surface area contributed by atoms with Crippen molar-refractivity contribution in [2.45, 2.75) is 65.3 Å². The summed E-state index contributed by atoms with van der Waals surface area (Å²) in [5, 5.41) is 3.11. The number of anilines is 1. The van der Waals surface area contributed by atoms with Crippen molar-refractivity contribution >= 4 is 17.5 Å². The Morgan fingerprint density at radius 3 is 2.43 bits per heavy atom. The van der Waals surface area contributed by atoms with E-state index < -0.39 is 0 Å². The van der Waals surface area contributed by atoms with Gasteiger partial charge in [-0.1, -0.05) is 25.3 Å². The number of rotatable bonds is 5. The van der Waals surface area contributed by atoms with Gasteiger partial charge < -0.3 is 10.2 Å². The van der Waals surface area contributed by atoms with E-state index in [0.29, 0.717) is 19.0 Å². The summed E-state index contributed by atoms with van der Waals surface area (Å²) in [5.41, 5.74) is 3.22. The number of carbonyl (C=O) groups is 2. The van der Waals surface area contributed by atoms with Crippen molar-refractivity contribution in [3.63, 3.8) is 0 Å². The summed E-state index contributed by atoms with van der Waals surface area (Å²) < 4.78 is 0. The average Bonchev–Trinajstić information content (AvgIpc) is 2.51. The predicted octanol–water partition coefficient (Wildman–Crippen LogP) is 3.50. The van der Waals surface area contributed by atoms with Crippen LogP contribution in [0.5, 0.6) is 0 Å². The molecule has 1 aliphatic rings. The predicted molar refractivity (Wildman–Crippen MR) is 93.6 cm³/mol. The van der Waals surface area contributed by atoms with Crippen LogP contribution in [0.1, 0.15) is 56.6 Å². The van der Waals surface area contributed by atoms with Gasteiger partial charge in [0, 0.05) is 31.6 Å². The first-order valence-electron chi connectivity index (χ1n) is 8.62. The van der Waals surface area contributed by atoms with Gasteiger partial charge in [-0.25, -0.2) is 0 Å². The lowest BCUT2D eigenvalue weighted by Crippen LogP contribution is -2.39. The van der Waals surface area contributed by atoms with Crippen molar-refractivity contribution < 1.29 is 9.59 Å². The first kappa shape index (κ1) is 17.5. The van der Waals surface area contributed by atoms with Gasteiger partial charge in [0.1, 0.15) is 0 Å². The van der Waals surface area contributed by atoms with Crippen molar-refractivity contribution in [3.8, 4) is 0 Å². The van der Waals surface area contributed by atoms with Gasteiger partial charge in [-0.2, -0.15) is 0 Å². The molecule has 1 aliphatic carbocycles. The summed E-state index contributed by atoms with van der Waals surface area (Å²) >= 11 is 0. The maximum absolute atomic E-state index is 12.1. The van der Waals surface area contributed by atoms with Gasteiger partial charge in [0.05, 0.1) is 0 Å². The zero-order valence-electron chi connectivity index (χ0n) is 14.5. The molecule has 23 heavy (non-hydrogen) atoms. The average molecular weight is 316 g/mol. The molecule has 0 bridgehead atoms. The van der Waals surface area contributed by atoms with Crippen LogP contribution in [0.4, 0.5) is 5.69 Å². The van der Waals surface area contributed by atoms with E-state index in [1.165, 1.54) is 24.8 Å². The molecule has 0 aliphatic heterocycles. The van der Waals surface area contributed by atoms with Gasteiger partial charge in [0.15, 0.2) is 0 Å². The maximum atomic E-state index is 12.1. The second-order valence-electron chi connectivity index (χ2n) is 6.59. The second-order valence-corrected chi connectivity index (χ2v) is 6.59. The number of aryl methyl sites for hydroxylation is 2. The lowest BCUT2D eigenvalue weighted by molar-refractivity contribution is -0.121. The lowest BCUT2D eigenvalue weighted by Gasteiger charge is -2.25. The van der Waals surface area contributed by atoms with Crippen LogP contribution < -0.4 is 10.2 Å². The number of nitrogens with zero attached hydrogens (tertiary/aromatic N) is 1. The molecule has 0 spiro atoms. The number of hydrogen-bond acceptors (Lipinski definition) is 2. The molecule has 0 radical (unpaired) electrons. The smallest absolute Gasteiger partial charge is 0.223 e. The molecule has 0 heterocycles. The second kappa shape index (κ2) is 8.14. The molecule has 2 amide bonds. The molecule has 4 heteroatoms. The van der Waals surface area contributed by atoms with Gasteiger partial charge in [-0.15, -0.1) is 0 Å². The fourth-order valence-corrected chi connectivity index (χ4v) is 3.12. The Hall–Kier alpha value is -1.84. The Morgan fingerprint density at radius 1 is 1.13 bits per heavy atom. The number of nitrogens with one attached hydrogen (secondary N) is 1. The standard InChI is InChI=1S/C19H28N2O2/c1-14-9-10-18(13-15(14)2)21(16(3)22)12-11-19(23)20-17-7-5-4-6-8-17/h9-10,13,17H,4-8,11-12H2,1-3H3,(H,20,23). The molecule has 1 fully saturated rings. The van der Waals surface area contributed by atoms with E-state index in [1.54, 1.807) is 11.8 Å². The van der Waals surface area contributed by atoms with E-state index in [2.05, 4.69) is 12.2 Å². The van der Waals surface area contributed by atoms with E-state index in [1.807, 2.05) is 25.1 Å². The topological polar surface area (TPSA) is 49.4 Å². The summed E-state index contributed by atoms with van der Waals surface area (Å²) in [7, 11) is 0. The van der Waals surface area contributed by atoms with Crippen LogP contribution in [0.15, 0.2) is 18.2 Å². The molecule has 2 rings (SSSR count). The Bertz CT molecular complexity index is 562. The van der Waals surface area contributed by atoms with Crippen LogP contribution in [-0.2, 0) is 9.59 Å². The fourth-order valence-electron chi connectivity index (χ4n) is 3.12. The highest BCUT2D eigenvalue weighted by atomic mass is 16.2. The molecule has 1 aromatic rings. The molecule has 1 aromatic carbocycles. The summed E-state index contributed by atoms with van der Waals surface area (Å²) in [6, 6.07) is 6.30. The highest BCUT2D eigenvalue weighted by molar-refractivity contribution is 5.92. The Kier molecular flexibility index (Phi) is 6.20. The summed E-state index contributed by atoms with van der Waals surface area (Å²) in [5.74, 6) is 0.0192. The van der Waals surface area contributed by atoms with Gasteiger partial charge in [-0.3, -0.25) is 9.59 Å². The summed E-state index contributed by atoms with van der Waals surface area (Å²) in [4.78, 5) is 25.8. The van der Waals surface area contributed by atoms with Gasteiger partial charge in [-0.05, 0) is 49.9 Å². The van der Waals surface area contributed by atoms with E-state index in [4.69, 9.17) is 0 Å². The first-order chi connectivity index (χ1) is 11.0. The van der Waals surface area contributed by atoms with Crippen molar-refractivity contribution in [1.29, 1.82) is 0 Å². The molecule has 126 valence electrons. The van der Waals surface area contributed by atoms with Crippen LogP contribution in [0, 0.1) is 13.8 Å². The van der Waals surface area contributed by atoms with Crippen LogP contribution in [0.3, 0.4) is 0 Å². The van der Waals surface area contributed by atoms with Gasteiger partial charge >= 0.3 is 0 Å². The molecule has 4 nitrogen and oxygen atoms in total. The van der Waals surface area contributed by atoms with Gasteiger partial charge in [0.25, 0.3) is 0 Å². The van der Waals surface area contributed by atoms with Crippen molar-refractivity contribution in [2.24, 2.45) is 0 Å². The van der Waals surface area contributed by atoms with Crippen LogP contribution in [0.25, 0.3) is 0 Å². The van der Waals surface area contributed by atoms with Crippen molar-refractivity contribution in [1.82, 2.24) is 5.32 Å². The lowest BCUT2D eigenvalue weighted by atomic mass is 9.95. The van der Waals surface area contributed by atoms with Gasteiger partial charge in [0.2, 0.25) is 11.8 Å². The monoisotopic (exact) mass is 316 g/mol.